The Kier molecular flexibility index (Phi) is 5.34. The number of benzene rings is 2. The summed E-state index contributed by atoms with van der Waals surface area (Å²) in [6.07, 6.45) is 0. The zero-order valence-corrected chi connectivity index (χ0v) is 16.2. The van der Waals surface area contributed by atoms with Gasteiger partial charge in [0, 0.05) is 5.56 Å². The molecule has 0 bridgehead atoms. The smallest absolute Gasteiger partial charge is 0.247 e. The number of rotatable bonds is 7. The van der Waals surface area contributed by atoms with Crippen molar-refractivity contribution in [2.24, 2.45) is 0 Å². The molecule has 0 aliphatic rings. The highest BCUT2D eigenvalue weighted by atomic mass is 32.2. The summed E-state index contributed by atoms with van der Waals surface area (Å²) in [5, 5.41) is 20.9. The maximum Gasteiger partial charge on any atom is 0.247 e. The van der Waals surface area contributed by atoms with Crippen molar-refractivity contribution in [1.29, 1.82) is 0 Å². The van der Waals surface area contributed by atoms with Gasteiger partial charge in [0.05, 0.1) is 18.9 Å². The lowest BCUT2D eigenvalue weighted by Crippen LogP contribution is -2.04. The van der Waals surface area contributed by atoms with Gasteiger partial charge in [0.15, 0.2) is 0 Å². The van der Waals surface area contributed by atoms with Gasteiger partial charge in [-0.2, -0.15) is 0 Å². The van der Waals surface area contributed by atoms with E-state index in [1.165, 1.54) is 11.8 Å². The van der Waals surface area contributed by atoms with Crippen LogP contribution in [-0.2, 0) is 6.54 Å². The van der Waals surface area contributed by atoms with Crippen LogP contribution in [0.4, 0.5) is 0 Å². The molecule has 0 saturated carbocycles. The van der Waals surface area contributed by atoms with Crippen LogP contribution < -0.4 is 4.74 Å². The molecular formula is C19H18N6O2S. The summed E-state index contributed by atoms with van der Waals surface area (Å²) in [4.78, 5) is 0. The van der Waals surface area contributed by atoms with Crippen molar-refractivity contribution >= 4 is 11.8 Å². The topological polar surface area (TPSA) is 91.8 Å². The molecule has 2 heterocycles. The third-order valence-corrected chi connectivity index (χ3v) is 5.14. The van der Waals surface area contributed by atoms with Crippen LogP contribution in [0.3, 0.4) is 0 Å². The average Bonchev–Trinajstić information content (AvgIpc) is 3.39. The third-order valence-electron chi connectivity index (χ3n) is 4.08. The first-order chi connectivity index (χ1) is 13.7. The second-order valence-corrected chi connectivity index (χ2v) is 7.35. The normalized spacial score (nSPS) is 12.1. The molecule has 1 atom stereocenters. The number of ether oxygens (including phenoxy) is 1. The summed E-state index contributed by atoms with van der Waals surface area (Å²) in [7, 11) is 1.65. The molecule has 0 N–H and O–H groups in total. The zero-order chi connectivity index (χ0) is 19.3. The van der Waals surface area contributed by atoms with E-state index in [0.717, 1.165) is 16.9 Å². The largest absolute Gasteiger partial charge is 0.497 e. The van der Waals surface area contributed by atoms with Crippen molar-refractivity contribution in [2.45, 2.75) is 23.9 Å². The van der Waals surface area contributed by atoms with Gasteiger partial charge >= 0.3 is 0 Å². The minimum Gasteiger partial charge on any atom is -0.497 e. The highest BCUT2D eigenvalue weighted by molar-refractivity contribution is 7.99. The first-order valence-corrected chi connectivity index (χ1v) is 9.55. The molecule has 0 spiro atoms. The minimum absolute atomic E-state index is 0.0921. The molecule has 0 saturated heterocycles. The molecule has 4 aromatic rings. The first-order valence-electron chi connectivity index (χ1n) is 8.67. The second-order valence-electron chi connectivity index (χ2n) is 6.04. The Balaban J connectivity index is 1.46. The lowest BCUT2D eigenvalue weighted by Gasteiger charge is -2.08. The fourth-order valence-corrected chi connectivity index (χ4v) is 3.41. The molecule has 8 nitrogen and oxygen atoms in total. The van der Waals surface area contributed by atoms with Crippen LogP contribution >= 0.6 is 11.8 Å². The van der Waals surface area contributed by atoms with Crippen molar-refractivity contribution in [3.8, 4) is 17.2 Å². The van der Waals surface area contributed by atoms with E-state index in [9.17, 15) is 0 Å². The Hall–Kier alpha value is -3.20. The Labute approximate surface area is 165 Å². The molecule has 0 aliphatic carbocycles. The van der Waals surface area contributed by atoms with Crippen LogP contribution in [-0.4, -0.2) is 37.5 Å². The lowest BCUT2D eigenvalue weighted by atomic mass is 10.2. The van der Waals surface area contributed by atoms with Gasteiger partial charge in [0.1, 0.15) is 5.75 Å². The first kappa shape index (κ1) is 18.2. The molecule has 4 rings (SSSR count). The van der Waals surface area contributed by atoms with Crippen molar-refractivity contribution in [1.82, 2.24) is 30.4 Å². The van der Waals surface area contributed by atoms with Gasteiger partial charge in [0.25, 0.3) is 0 Å². The summed E-state index contributed by atoms with van der Waals surface area (Å²) in [5.74, 6) is 1.85. The fourth-order valence-electron chi connectivity index (χ4n) is 2.59. The van der Waals surface area contributed by atoms with Gasteiger partial charge in [-0.25, -0.2) is 4.68 Å². The highest BCUT2D eigenvalue weighted by Gasteiger charge is 2.19. The number of hydrogen-bond donors (Lipinski definition) is 0. The summed E-state index contributed by atoms with van der Waals surface area (Å²) < 4.78 is 12.8. The SMILES string of the molecule is COc1ccc(Cn2nnnc2S[C@@H](C)c2nnc(-c3ccccc3)o2)cc1. The number of thioether (sulfide) groups is 1. The number of aromatic nitrogens is 6. The molecule has 9 heteroatoms. The standard InChI is InChI=1S/C19H18N6O2S/c1-13(17-20-21-18(27-17)15-6-4-3-5-7-15)28-19-22-23-24-25(19)12-14-8-10-16(26-2)11-9-14/h3-11,13H,12H2,1-2H3/t13-/m0/s1. The van der Waals surface area contributed by atoms with Crippen molar-refractivity contribution in [3.63, 3.8) is 0 Å². The molecule has 0 aliphatic heterocycles. The van der Waals surface area contributed by atoms with Gasteiger partial charge in [-0.15, -0.1) is 15.3 Å². The van der Waals surface area contributed by atoms with E-state index in [1.54, 1.807) is 11.8 Å². The highest BCUT2D eigenvalue weighted by Crippen LogP contribution is 2.33. The average molecular weight is 394 g/mol. The van der Waals surface area contributed by atoms with Gasteiger partial charge < -0.3 is 9.15 Å². The molecule has 0 amide bonds. The molecule has 142 valence electrons. The van der Waals surface area contributed by atoms with Crippen molar-refractivity contribution in [3.05, 3.63) is 66.1 Å². The summed E-state index contributed by atoms with van der Waals surface area (Å²) in [6, 6.07) is 17.5. The summed E-state index contributed by atoms with van der Waals surface area (Å²) >= 11 is 1.47. The van der Waals surface area contributed by atoms with E-state index in [2.05, 4.69) is 25.7 Å². The lowest BCUT2D eigenvalue weighted by molar-refractivity contribution is 0.414. The van der Waals surface area contributed by atoms with Crippen molar-refractivity contribution in [2.75, 3.05) is 7.11 Å². The molecule has 0 fully saturated rings. The second kappa shape index (κ2) is 8.22. The third kappa shape index (κ3) is 4.04. The predicted molar refractivity (Wildman–Crippen MR) is 104 cm³/mol. The van der Waals surface area contributed by atoms with E-state index >= 15 is 0 Å². The Morgan fingerprint density at radius 2 is 1.82 bits per heavy atom. The Morgan fingerprint density at radius 1 is 1.04 bits per heavy atom. The van der Waals surface area contributed by atoms with Gasteiger partial charge in [-0.3, -0.25) is 0 Å². The number of hydrogen-bond acceptors (Lipinski definition) is 8. The van der Waals surface area contributed by atoms with Crippen molar-refractivity contribution < 1.29 is 9.15 Å². The Morgan fingerprint density at radius 3 is 2.57 bits per heavy atom. The maximum atomic E-state index is 5.83. The quantitative estimate of drug-likeness (QED) is 0.439. The van der Waals surface area contributed by atoms with E-state index in [1.807, 2.05) is 61.5 Å². The number of methoxy groups -OCH3 is 1. The van der Waals surface area contributed by atoms with Crippen LogP contribution in [0.15, 0.2) is 64.2 Å². The monoisotopic (exact) mass is 394 g/mol. The minimum atomic E-state index is -0.0921. The fraction of sp³-hybridized carbons (Fsp3) is 0.211. The van der Waals surface area contributed by atoms with Crippen LogP contribution in [0.5, 0.6) is 5.75 Å². The molecule has 28 heavy (non-hydrogen) atoms. The zero-order valence-electron chi connectivity index (χ0n) is 15.4. The van der Waals surface area contributed by atoms with Crippen LogP contribution in [0, 0.1) is 0 Å². The summed E-state index contributed by atoms with van der Waals surface area (Å²) in [6.45, 7) is 2.55. The summed E-state index contributed by atoms with van der Waals surface area (Å²) in [5.41, 5.74) is 1.97. The van der Waals surface area contributed by atoms with Crippen LogP contribution in [0.2, 0.25) is 0 Å². The van der Waals surface area contributed by atoms with E-state index in [4.69, 9.17) is 9.15 Å². The van der Waals surface area contributed by atoms with Gasteiger partial charge in [0.2, 0.25) is 16.9 Å². The van der Waals surface area contributed by atoms with E-state index in [-0.39, 0.29) is 5.25 Å². The molecule has 0 radical (unpaired) electrons. The number of tetrazole rings is 1. The van der Waals surface area contributed by atoms with Crippen LogP contribution in [0.25, 0.3) is 11.5 Å². The molecule has 2 aromatic heterocycles. The van der Waals surface area contributed by atoms with Gasteiger partial charge in [-0.05, 0) is 47.2 Å². The van der Waals surface area contributed by atoms with Crippen LogP contribution in [0.1, 0.15) is 23.6 Å². The van der Waals surface area contributed by atoms with E-state index < -0.39 is 0 Å². The number of nitrogens with zero attached hydrogens (tertiary/aromatic N) is 6. The maximum absolute atomic E-state index is 5.83. The molecule has 2 aromatic carbocycles. The van der Waals surface area contributed by atoms with Gasteiger partial charge in [-0.1, -0.05) is 42.1 Å². The molecule has 0 unspecified atom stereocenters. The Bertz CT molecular complexity index is 1030. The molecular weight excluding hydrogens is 376 g/mol. The predicted octanol–water partition coefficient (Wildman–Crippen LogP) is 3.63. The van der Waals surface area contributed by atoms with E-state index in [0.29, 0.717) is 23.5 Å².